The molecule has 0 aliphatic carbocycles. The van der Waals surface area contributed by atoms with Crippen molar-refractivity contribution in [1.82, 2.24) is 19.6 Å². The number of hydrogen-bond acceptors (Lipinski definition) is 3. The lowest BCUT2D eigenvalue weighted by atomic mass is 10.1. The summed E-state index contributed by atoms with van der Waals surface area (Å²) in [6.07, 6.45) is 4.00. The van der Waals surface area contributed by atoms with Gasteiger partial charge in [-0.3, -0.25) is 9.36 Å². The molecule has 0 atom stereocenters. The Bertz CT molecular complexity index is 535. The zero-order valence-corrected chi connectivity index (χ0v) is 10.9. The molecular formula is C12H19N5. The van der Waals surface area contributed by atoms with Crippen molar-refractivity contribution in [1.29, 1.82) is 0 Å². The number of aromatic nitrogens is 4. The van der Waals surface area contributed by atoms with Gasteiger partial charge in [0, 0.05) is 31.4 Å². The van der Waals surface area contributed by atoms with Crippen molar-refractivity contribution in [2.75, 3.05) is 5.73 Å². The minimum Gasteiger partial charge on any atom is -0.384 e. The summed E-state index contributed by atoms with van der Waals surface area (Å²) in [6.45, 7) is 4.14. The van der Waals surface area contributed by atoms with Gasteiger partial charge in [-0.25, -0.2) is 0 Å². The fourth-order valence-corrected chi connectivity index (χ4v) is 2.13. The summed E-state index contributed by atoms with van der Waals surface area (Å²) in [6, 6.07) is 0. The summed E-state index contributed by atoms with van der Waals surface area (Å²) >= 11 is 0. The van der Waals surface area contributed by atoms with Crippen LogP contribution >= 0.6 is 0 Å². The Balaban J connectivity index is 2.58. The van der Waals surface area contributed by atoms with Gasteiger partial charge in [0.1, 0.15) is 11.5 Å². The first kappa shape index (κ1) is 11.7. The third-order valence-electron chi connectivity index (χ3n) is 2.96. The molecule has 0 bridgehead atoms. The van der Waals surface area contributed by atoms with Gasteiger partial charge < -0.3 is 5.73 Å². The Kier molecular flexibility index (Phi) is 2.92. The van der Waals surface area contributed by atoms with Crippen LogP contribution in [0, 0.1) is 6.92 Å². The molecule has 2 aromatic rings. The molecule has 0 unspecified atom stereocenters. The maximum absolute atomic E-state index is 6.06. The minimum absolute atomic E-state index is 0.755. The smallest absolute Gasteiger partial charge is 0.125 e. The van der Waals surface area contributed by atoms with Gasteiger partial charge in [0.25, 0.3) is 0 Å². The third kappa shape index (κ3) is 1.92. The van der Waals surface area contributed by atoms with E-state index in [0.29, 0.717) is 0 Å². The molecule has 17 heavy (non-hydrogen) atoms. The molecule has 0 saturated heterocycles. The lowest BCUT2D eigenvalue weighted by Crippen LogP contribution is -1.99. The molecule has 5 nitrogen and oxygen atoms in total. The number of aryl methyl sites for hydroxylation is 3. The van der Waals surface area contributed by atoms with E-state index in [-0.39, 0.29) is 0 Å². The molecule has 0 spiro atoms. The zero-order chi connectivity index (χ0) is 12.6. The predicted octanol–water partition coefficient (Wildman–Crippen LogP) is 1.66. The van der Waals surface area contributed by atoms with Crippen LogP contribution in [-0.2, 0) is 20.5 Å². The Morgan fingerprint density at radius 2 is 2.00 bits per heavy atom. The highest BCUT2D eigenvalue weighted by Crippen LogP contribution is 2.29. The SMILES string of the molecule is CCCc1c(-c2cn(C)nc2C)nn(C)c1N. The van der Waals surface area contributed by atoms with E-state index in [1.165, 1.54) is 0 Å². The first-order chi connectivity index (χ1) is 8.04. The molecule has 0 aliphatic heterocycles. The summed E-state index contributed by atoms with van der Waals surface area (Å²) in [7, 11) is 3.80. The van der Waals surface area contributed by atoms with Crippen molar-refractivity contribution < 1.29 is 0 Å². The van der Waals surface area contributed by atoms with Crippen LogP contribution in [0.25, 0.3) is 11.3 Å². The number of anilines is 1. The maximum atomic E-state index is 6.06. The maximum Gasteiger partial charge on any atom is 0.125 e. The number of nitrogens with zero attached hydrogens (tertiary/aromatic N) is 4. The minimum atomic E-state index is 0.755. The van der Waals surface area contributed by atoms with Crippen molar-refractivity contribution in [3.63, 3.8) is 0 Å². The summed E-state index contributed by atoms with van der Waals surface area (Å²) in [5, 5.41) is 8.87. The lowest BCUT2D eigenvalue weighted by molar-refractivity contribution is 0.756. The van der Waals surface area contributed by atoms with Crippen molar-refractivity contribution in [3.8, 4) is 11.3 Å². The molecule has 92 valence electrons. The second kappa shape index (κ2) is 4.24. The largest absolute Gasteiger partial charge is 0.384 e. The fourth-order valence-electron chi connectivity index (χ4n) is 2.13. The summed E-state index contributed by atoms with van der Waals surface area (Å²) in [5.74, 6) is 0.755. The van der Waals surface area contributed by atoms with Gasteiger partial charge in [-0.15, -0.1) is 0 Å². The van der Waals surface area contributed by atoms with E-state index in [1.54, 1.807) is 4.68 Å². The third-order valence-corrected chi connectivity index (χ3v) is 2.96. The molecule has 0 aliphatic rings. The number of nitrogen functional groups attached to an aromatic ring is 1. The van der Waals surface area contributed by atoms with Crippen molar-refractivity contribution in [3.05, 3.63) is 17.5 Å². The highest BCUT2D eigenvalue weighted by molar-refractivity contribution is 5.69. The highest BCUT2D eigenvalue weighted by Gasteiger charge is 2.17. The van der Waals surface area contributed by atoms with Crippen LogP contribution in [0.15, 0.2) is 6.20 Å². The van der Waals surface area contributed by atoms with E-state index in [9.17, 15) is 0 Å². The summed E-state index contributed by atoms with van der Waals surface area (Å²) < 4.78 is 3.55. The van der Waals surface area contributed by atoms with Gasteiger partial charge in [-0.2, -0.15) is 10.2 Å². The molecule has 2 N–H and O–H groups in total. The van der Waals surface area contributed by atoms with Gasteiger partial charge in [-0.1, -0.05) is 13.3 Å². The fraction of sp³-hybridized carbons (Fsp3) is 0.500. The van der Waals surface area contributed by atoms with Crippen LogP contribution in [0.5, 0.6) is 0 Å². The highest BCUT2D eigenvalue weighted by atomic mass is 15.3. The first-order valence-corrected chi connectivity index (χ1v) is 5.86. The van der Waals surface area contributed by atoms with E-state index in [4.69, 9.17) is 5.73 Å². The molecule has 5 heteroatoms. The molecule has 0 saturated carbocycles. The molecule has 0 radical (unpaired) electrons. The van der Waals surface area contributed by atoms with Crippen LogP contribution in [-0.4, -0.2) is 19.6 Å². The molecule has 2 aromatic heterocycles. The standard InChI is InChI=1S/C12H19N5/c1-5-6-9-11(15-17(4)12(9)13)10-7-16(3)14-8(10)2/h7H,5-6,13H2,1-4H3. The van der Waals surface area contributed by atoms with Gasteiger partial charge in [0.15, 0.2) is 0 Å². The molecule has 0 aromatic carbocycles. The Morgan fingerprint density at radius 1 is 1.29 bits per heavy atom. The van der Waals surface area contributed by atoms with Crippen LogP contribution < -0.4 is 5.73 Å². The first-order valence-electron chi connectivity index (χ1n) is 5.86. The molecule has 0 amide bonds. The number of rotatable bonds is 3. The van der Waals surface area contributed by atoms with Crippen molar-refractivity contribution in [2.45, 2.75) is 26.7 Å². The van der Waals surface area contributed by atoms with Crippen molar-refractivity contribution >= 4 is 5.82 Å². The van der Waals surface area contributed by atoms with E-state index < -0.39 is 0 Å². The number of hydrogen-bond donors (Lipinski definition) is 1. The Morgan fingerprint density at radius 3 is 2.53 bits per heavy atom. The average Bonchev–Trinajstić information content (AvgIpc) is 2.73. The van der Waals surface area contributed by atoms with Crippen molar-refractivity contribution in [2.24, 2.45) is 14.1 Å². The van der Waals surface area contributed by atoms with Crippen LogP contribution in [0.1, 0.15) is 24.6 Å². The average molecular weight is 233 g/mol. The van der Waals surface area contributed by atoms with Gasteiger partial charge >= 0.3 is 0 Å². The van der Waals surface area contributed by atoms with Gasteiger partial charge in [0.2, 0.25) is 0 Å². The Labute approximate surface area is 101 Å². The molecular weight excluding hydrogens is 214 g/mol. The van der Waals surface area contributed by atoms with Crippen LogP contribution in [0.3, 0.4) is 0 Å². The van der Waals surface area contributed by atoms with E-state index in [1.807, 2.05) is 31.9 Å². The molecule has 0 fully saturated rings. The monoisotopic (exact) mass is 233 g/mol. The lowest BCUT2D eigenvalue weighted by Gasteiger charge is -2.00. The van der Waals surface area contributed by atoms with Gasteiger partial charge in [-0.05, 0) is 13.3 Å². The molecule has 2 rings (SSSR count). The molecule has 2 heterocycles. The van der Waals surface area contributed by atoms with Crippen LogP contribution in [0.2, 0.25) is 0 Å². The van der Waals surface area contributed by atoms with Crippen LogP contribution in [0.4, 0.5) is 5.82 Å². The zero-order valence-electron chi connectivity index (χ0n) is 10.9. The topological polar surface area (TPSA) is 61.7 Å². The predicted molar refractivity (Wildman–Crippen MR) is 68.6 cm³/mol. The number of nitrogens with two attached hydrogens (primary N) is 1. The second-order valence-corrected chi connectivity index (χ2v) is 4.39. The quantitative estimate of drug-likeness (QED) is 0.877. The summed E-state index contributed by atoms with van der Waals surface area (Å²) in [5.41, 5.74) is 10.2. The van der Waals surface area contributed by atoms with E-state index >= 15 is 0 Å². The summed E-state index contributed by atoms with van der Waals surface area (Å²) in [4.78, 5) is 0. The van der Waals surface area contributed by atoms with Gasteiger partial charge in [0.05, 0.1) is 5.69 Å². The second-order valence-electron chi connectivity index (χ2n) is 4.39. The van der Waals surface area contributed by atoms with E-state index in [0.717, 1.165) is 41.2 Å². The van der Waals surface area contributed by atoms with E-state index in [2.05, 4.69) is 17.1 Å². The normalized spacial score (nSPS) is 11.1. The Hall–Kier alpha value is -1.78.